The number of nitrogens with zero attached hydrogens (tertiary/aromatic N) is 4. The maximum Gasteiger partial charge on any atom is 0.407 e. The smallest absolute Gasteiger partial charge is 0.407 e. The third-order valence-corrected chi connectivity index (χ3v) is 5.98. The number of hydrogen-bond acceptors (Lipinski definition) is 6. The van der Waals surface area contributed by atoms with E-state index in [0.29, 0.717) is 37.8 Å². The van der Waals surface area contributed by atoms with E-state index in [1.807, 2.05) is 26.0 Å². The summed E-state index contributed by atoms with van der Waals surface area (Å²) in [7, 11) is 0. The van der Waals surface area contributed by atoms with Crippen molar-refractivity contribution in [3.05, 3.63) is 35.5 Å². The average Bonchev–Trinajstić information content (AvgIpc) is 2.79. The van der Waals surface area contributed by atoms with Crippen molar-refractivity contribution in [2.45, 2.75) is 39.3 Å². The lowest BCUT2D eigenvalue weighted by atomic mass is 9.93. The van der Waals surface area contributed by atoms with Crippen LogP contribution in [0.5, 0.6) is 0 Å². The molecule has 176 valence electrons. The van der Waals surface area contributed by atoms with Crippen LogP contribution in [0, 0.1) is 0 Å². The summed E-state index contributed by atoms with van der Waals surface area (Å²) in [4.78, 5) is 36.9. The minimum atomic E-state index is -0.949. The standard InChI is InChI=1S/C23H30N6O4/c1-4-24-22(30)25-17-7-5-16(6-8-17)20-26-18-12-28(23(31)32)11-14(2)19(18)21(27-20)29-9-10-33-13-15(29)3/h5-8,14-15H,4,9-13H2,1-3H3,(H,31,32)(H2,24,25,30)/t14-,15?/m1/s1. The van der Waals surface area contributed by atoms with Crippen molar-refractivity contribution in [2.75, 3.05) is 43.1 Å². The van der Waals surface area contributed by atoms with Gasteiger partial charge in [-0.2, -0.15) is 0 Å². The summed E-state index contributed by atoms with van der Waals surface area (Å²) in [6, 6.07) is 7.21. The van der Waals surface area contributed by atoms with Crippen molar-refractivity contribution < 1.29 is 19.4 Å². The number of carbonyl (C=O) groups is 2. The molecule has 2 aliphatic rings. The summed E-state index contributed by atoms with van der Waals surface area (Å²) in [6.07, 6.45) is -0.949. The lowest BCUT2D eigenvalue weighted by molar-refractivity contribution is 0.0982. The zero-order chi connectivity index (χ0) is 23.5. The number of rotatable bonds is 4. The highest BCUT2D eigenvalue weighted by atomic mass is 16.5. The van der Waals surface area contributed by atoms with Crippen LogP contribution >= 0.6 is 0 Å². The predicted molar refractivity (Wildman–Crippen MR) is 125 cm³/mol. The van der Waals surface area contributed by atoms with Crippen molar-refractivity contribution in [1.82, 2.24) is 20.2 Å². The molecule has 3 heterocycles. The number of benzene rings is 1. The Morgan fingerprint density at radius 2 is 1.97 bits per heavy atom. The van der Waals surface area contributed by atoms with E-state index < -0.39 is 6.09 Å². The molecule has 0 aliphatic carbocycles. The van der Waals surface area contributed by atoms with Gasteiger partial charge in [-0.15, -0.1) is 0 Å². The Balaban J connectivity index is 1.73. The van der Waals surface area contributed by atoms with Gasteiger partial charge in [-0.1, -0.05) is 6.92 Å². The maximum atomic E-state index is 11.8. The number of carbonyl (C=O) groups excluding carboxylic acids is 1. The number of morpholine rings is 1. The Morgan fingerprint density at radius 1 is 1.21 bits per heavy atom. The van der Waals surface area contributed by atoms with Gasteiger partial charge in [0.1, 0.15) is 5.82 Å². The highest BCUT2D eigenvalue weighted by molar-refractivity contribution is 5.89. The van der Waals surface area contributed by atoms with Crippen molar-refractivity contribution in [1.29, 1.82) is 0 Å². The molecule has 33 heavy (non-hydrogen) atoms. The molecule has 2 aliphatic heterocycles. The third kappa shape index (κ3) is 4.85. The number of carboxylic acid groups (broad SMARTS) is 1. The second-order valence-electron chi connectivity index (χ2n) is 8.47. The first-order valence-corrected chi connectivity index (χ1v) is 11.3. The van der Waals surface area contributed by atoms with Gasteiger partial charge in [0.25, 0.3) is 0 Å². The molecule has 10 heteroatoms. The lowest BCUT2D eigenvalue weighted by Crippen LogP contribution is -2.46. The lowest BCUT2D eigenvalue weighted by Gasteiger charge is -2.39. The summed E-state index contributed by atoms with van der Waals surface area (Å²) in [5, 5.41) is 15.1. The second kappa shape index (κ2) is 9.62. The topological polar surface area (TPSA) is 120 Å². The van der Waals surface area contributed by atoms with E-state index in [-0.39, 0.29) is 24.5 Å². The van der Waals surface area contributed by atoms with E-state index in [2.05, 4.69) is 22.5 Å². The monoisotopic (exact) mass is 454 g/mol. The Bertz CT molecular complexity index is 1030. The Hall–Kier alpha value is -3.40. The molecule has 1 aromatic heterocycles. The van der Waals surface area contributed by atoms with Crippen LogP contribution in [0.25, 0.3) is 11.4 Å². The van der Waals surface area contributed by atoms with Gasteiger partial charge in [0.05, 0.1) is 31.5 Å². The molecule has 3 amide bonds. The fourth-order valence-electron chi connectivity index (χ4n) is 4.37. The van der Waals surface area contributed by atoms with Crippen molar-refractivity contribution in [3.8, 4) is 11.4 Å². The molecule has 0 spiro atoms. The SMILES string of the molecule is CCNC(=O)Nc1ccc(-c2nc3c(c(N4CCOCC4C)n2)[C@H](C)CN(C(=O)O)C3)cc1. The van der Waals surface area contributed by atoms with Crippen molar-refractivity contribution in [2.24, 2.45) is 0 Å². The number of ether oxygens (including phenoxy) is 1. The highest BCUT2D eigenvalue weighted by Gasteiger charge is 2.33. The van der Waals surface area contributed by atoms with Gasteiger partial charge in [0.15, 0.2) is 5.82 Å². The second-order valence-corrected chi connectivity index (χ2v) is 8.47. The maximum absolute atomic E-state index is 11.8. The molecule has 3 N–H and O–H groups in total. The van der Waals surface area contributed by atoms with E-state index in [4.69, 9.17) is 14.7 Å². The predicted octanol–water partition coefficient (Wildman–Crippen LogP) is 3.11. The van der Waals surface area contributed by atoms with Gasteiger partial charge in [-0.05, 0) is 38.1 Å². The van der Waals surface area contributed by atoms with Gasteiger partial charge in [0.2, 0.25) is 0 Å². The molecular formula is C23H30N6O4. The van der Waals surface area contributed by atoms with Crippen LogP contribution in [-0.4, -0.2) is 71.0 Å². The van der Waals surface area contributed by atoms with Gasteiger partial charge < -0.3 is 30.3 Å². The minimum absolute atomic E-state index is 0.0207. The highest BCUT2D eigenvalue weighted by Crippen LogP contribution is 2.37. The summed E-state index contributed by atoms with van der Waals surface area (Å²) < 4.78 is 5.62. The van der Waals surface area contributed by atoms with Gasteiger partial charge in [0, 0.05) is 42.4 Å². The van der Waals surface area contributed by atoms with E-state index in [1.54, 1.807) is 12.1 Å². The quantitative estimate of drug-likeness (QED) is 0.649. The van der Waals surface area contributed by atoms with Crippen molar-refractivity contribution >= 4 is 23.6 Å². The van der Waals surface area contributed by atoms with E-state index in [9.17, 15) is 14.7 Å². The van der Waals surface area contributed by atoms with Crippen LogP contribution in [0.15, 0.2) is 24.3 Å². The minimum Gasteiger partial charge on any atom is -0.465 e. The number of nitrogens with one attached hydrogen (secondary N) is 2. The summed E-state index contributed by atoms with van der Waals surface area (Å²) in [6.45, 7) is 9.12. The summed E-state index contributed by atoms with van der Waals surface area (Å²) in [5.41, 5.74) is 3.20. The van der Waals surface area contributed by atoms with E-state index >= 15 is 0 Å². The molecule has 1 aromatic carbocycles. The number of aromatic nitrogens is 2. The Kier molecular flexibility index (Phi) is 6.64. The fourth-order valence-corrected chi connectivity index (χ4v) is 4.37. The molecule has 0 bridgehead atoms. The van der Waals surface area contributed by atoms with E-state index in [0.717, 1.165) is 29.2 Å². The molecule has 0 saturated carbocycles. The Morgan fingerprint density at radius 3 is 2.64 bits per heavy atom. The van der Waals surface area contributed by atoms with Gasteiger partial charge >= 0.3 is 12.1 Å². The van der Waals surface area contributed by atoms with Crippen LogP contribution in [0.2, 0.25) is 0 Å². The summed E-state index contributed by atoms with van der Waals surface area (Å²) in [5.74, 6) is 1.37. The van der Waals surface area contributed by atoms with Crippen LogP contribution < -0.4 is 15.5 Å². The van der Waals surface area contributed by atoms with Crippen LogP contribution in [0.3, 0.4) is 0 Å². The number of fused-ring (bicyclic) bond motifs is 1. The third-order valence-electron chi connectivity index (χ3n) is 5.98. The normalized spacial score (nSPS) is 20.2. The number of hydrogen-bond donors (Lipinski definition) is 3. The molecule has 2 atom stereocenters. The molecule has 1 fully saturated rings. The summed E-state index contributed by atoms with van der Waals surface area (Å²) >= 11 is 0. The molecule has 1 saturated heterocycles. The largest absolute Gasteiger partial charge is 0.465 e. The van der Waals surface area contributed by atoms with Crippen molar-refractivity contribution in [3.63, 3.8) is 0 Å². The molecule has 10 nitrogen and oxygen atoms in total. The number of urea groups is 1. The zero-order valence-electron chi connectivity index (χ0n) is 19.2. The van der Waals surface area contributed by atoms with Crippen LogP contribution in [-0.2, 0) is 11.3 Å². The molecule has 1 unspecified atom stereocenters. The number of amides is 3. The molecule has 4 rings (SSSR count). The molecule has 0 radical (unpaired) electrons. The first-order valence-electron chi connectivity index (χ1n) is 11.3. The van der Waals surface area contributed by atoms with E-state index in [1.165, 1.54) is 4.90 Å². The zero-order valence-corrected chi connectivity index (χ0v) is 19.2. The Labute approximate surface area is 193 Å². The van der Waals surface area contributed by atoms with Gasteiger partial charge in [-0.3, -0.25) is 0 Å². The first-order chi connectivity index (χ1) is 15.9. The van der Waals surface area contributed by atoms with Gasteiger partial charge in [-0.25, -0.2) is 19.6 Å². The molecule has 2 aromatic rings. The fraction of sp³-hybridized carbons (Fsp3) is 0.478. The van der Waals surface area contributed by atoms with Crippen LogP contribution in [0.4, 0.5) is 21.1 Å². The number of anilines is 2. The first kappa shape index (κ1) is 22.8. The molecular weight excluding hydrogens is 424 g/mol. The van der Waals surface area contributed by atoms with Crippen LogP contribution in [0.1, 0.15) is 37.9 Å². The average molecular weight is 455 g/mol.